The number of anilines is 2. The first kappa shape index (κ1) is 23.0. The SMILES string of the molecule is CCN1CCN(c2ccc(F)cc2[C@@H](C)NC(=O)Nc2ccccc2S(C)(=O)=O)CC1. The number of rotatable bonds is 6. The fourth-order valence-corrected chi connectivity index (χ4v) is 4.64. The van der Waals surface area contributed by atoms with Gasteiger partial charge in [0.25, 0.3) is 0 Å². The molecular weight excluding hydrogens is 419 g/mol. The van der Waals surface area contributed by atoms with Crippen molar-refractivity contribution in [1.82, 2.24) is 10.2 Å². The van der Waals surface area contributed by atoms with Crippen molar-refractivity contribution in [3.8, 4) is 0 Å². The molecule has 1 aliphatic rings. The van der Waals surface area contributed by atoms with Gasteiger partial charge >= 0.3 is 6.03 Å². The van der Waals surface area contributed by atoms with Gasteiger partial charge < -0.3 is 20.4 Å². The van der Waals surface area contributed by atoms with E-state index in [1.54, 1.807) is 25.1 Å². The highest BCUT2D eigenvalue weighted by Gasteiger charge is 2.22. The molecule has 7 nitrogen and oxygen atoms in total. The summed E-state index contributed by atoms with van der Waals surface area (Å²) in [6.45, 7) is 8.42. The second kappa shape index (κ2) is 9.65. The molecule has 1 atom stereocenters. The maximum absolute atomic E-state index is 14.0. The van der Waals surface area contributed by atoms with Crippen LogP contribution in [0.25, 0.3) is 0 Å². The molecule has 0 saturated carbocycles. The number of halogens is 1. The summed E-state index contributed by atoms with van der Waals surface area (Å²) in [6.07, 6.45) is 1.09. The molecule has 3 rings (SSSR count). The molecule has 0 aromatic heterocycles. The smallest absolute Gasteiger partial charge is 0.319 e. The molecule has 1 heterocycles. The number of piperazine rings is 1. The van der Waals surface area contributed by atoms with Crippen LogP contribution < -0.4 is 15.5 Å². The lowest BCUT2D eigenvalue weighted by molar-refractivity contribution is 0.249. The van der Waals surface area contributed by atoms with Gasteiger partial charge in [-0.2, -0.15) is 0 Å². The average Bonchev–Trinajstić information content (AvgIpc) is 2.73. The highest BCUT2D eigenvalue weighted by atomic mass is 32.2. The molecule has 1 aliphatic heterocycles. The Labute approximate surface area is 183 Å². The van der Waals surface area contributed by atoms with Gasteiger partial charge in [-0.25, -0.2) is 17.6 Å². The fourth-order valence-electron chi connectivity index (χ4n) is 3.79. The molecular formula is C22H29FN4O3S. The van der Waals surface area contributed by atoms with Crippen molar-refractivity contribution in [2.24, 2.45) is 0 Å². The first-order valence-electron chi connectivity index (χ1n) is 10.3. The largest absolute Gasteiger partial charge is 0.369 e. The lowest BCUT2D eigenvalue weighted by Crippen LogP contribution is -2.46. The Morgan fingerprint density at radius 1 is 1.13 bits per heavy atom. The monoisotopic (exact) mass is 448 g/mol. The standard InChI is InChI=1S/C22H29FN4O3S/c1-4-26-11-13-27(14-12-26)20-10-9-17(23)15-18(20)16(2)24-22(28)25-19-7-5-6-8-21(19)31(3,29)30/h5-10,15-16H,4,11-14H2,1-3H3,(H2,24,25,28)/t16-/m1/s1. The van der Waals surface area contributed by atoms with Gasteiger partial charge in [0, 0.05) is 43.7 Å². The first-order chi connectivity index (χ1) is 14.7. The van der Waals surface area contributed by atoms with Gasteiger partial charge in [0.2, 0.25) is 0 Å². The van der Waals surface area contributed by atoms with Gasteiger partial charge in [-0.3, -0.25) is 0 Å². The summed E-state index contributed by atoms with van der Waals surface area (Å²) >= 11 is 0. The van der Waals surface area contributed by atoms with E-state index in [9.17, 15) is 17.6 Å². The van der Waals surface area contributed by atoms with E-state index >= 15 is 0 Å². The third-order valence-corrected chi connectivity index (χ3v) is 6.65. The number of urea groups is 1. The average molecular weight is 449 g/mol. The van der Waals surface area contributed by atoms with Crippen molar-refractivity contribution >= 4 is 27.2 Å². The van der Waals surface area contributed by atoms with Crippen LogP contribution in [0.5, 0.6) is 0 Å². The van der Waals surface area contributed by atoms with Crippen molar-refractivity contribution in [2.45, 2.75) is 24.8 Å². The quantitative estimate of drug-likeness (QED) is 0.709. The van der Waals surface area contributed by atoms with Crippen molar-refractivity contribution in [1.29, 1.82) is 0 Å². The molecule has 168 valence electrons. The zero-order valence-electron chi connectivity index (χ0n) is 18.1. The summed E-state index contributed by atoms with van der Waals surface area (Å²) in [5, 5.41) is 5.40. The van der Waals surface area contributed by atoms with Gasteiger partial charge in [-0.1, -0.05) is 19.1 Å². The first-order valence-corrected chi connectivity index (χ1v) is 12.2. The maximum atomic E-state index is 14.0. The zero-order chi connectivity index (χ0) is 22.6. The van der Waals surface area contributed by atoms with E-state index in [-0.39, 0.29) is 16.4 Å². The Bertz CT molecular complexity index is 1040. The summed E-state index contributed by atoms with van der Waals surface area (Å²) in [5.41, 5.74) is 1.77. The Kier molecular flexibility index (Phi) is 7.17. The second-order valence-corrected chi connectivity index (χ2v) is 9.70. The number of carbonyl (C=O) groups excluding carboxylic acids is 1. The number of para-hydroxylation sites is 1. The Hall–Kier alpha value is -2.65. The normalized spacial score (nSPS) is 16.1. The number of likely N-dealkylation sites (N-methyl/N-ethyl adjacent to an activating group) is 1. The molecule has 1 fully saturated rings. The van der Waals surface area contributed by atoms with Gasteiger partial charge in [0.05, 0.1) is 16.6 Å². The summed E-state index contributed by atoms with van der Waals surface area (Å²) in [6, 6.07) is 9.79. The topological polar surface area (TPSA) is 81.8 Å². The number of benzene rings is 2. The summed E-state index contributed by atoms with van der Waals surface area (Å²) in [4.78, 5) is 17.2. The molecule has 2 N–H and O–H groups in total. The van der Waals surface area contributed by atoms with Crippen LogP contribution in [-0.2, 0) is 9.84 Å². The predicted octanol–water partition coefficient (Wildman–Crippen LogP) is 3.25. The summed E-state index contributed by atoms with van der Waals surface area (Å²) in [7, 11) is -3.50. The fraction of sp³-hybridized carbons (Fsp3) is 0.409. The predicted molar refractivity (Wildman–Crippen MR) is 121 cm³/mol. The molecule has 2 aromatic carbocycles. The minimum atomic E-state index is -3.50. The molecule has 31 heavy (non-hydrogen) atoms. The summed E-state index contributed by atoms with van der Waals surface area (Å²) in [5.74, 6) is -0.373. The Morgan fingerprint density at radius 2 is 1.81 bits per heavy atom. The van der Waals surface area contributed by atoms with E-state index in [4.69, 9.17) is 0 Å². The van der Waals surface area contributed by atoms with Crippen molar-refractivity contribution in [2.75, 3.05) is 49.2 Å². The zero-order valence-corrected chi connectivity index (χ0v) is 18.9. The van der Waals surface area contributed by atoms with Gasteiger partial charge in [0.15, 0.2) is 9.84 Å². The Balaban J connectivity index is 1.76. The van der Waals surface area contributed by atoms with Crippen LogP contribution >= 0.6 is 0 Å². The molecule has 0 spiro atoms. The maximum Gasteiger partial charge on any atom is 0.319 e. The van der Waals surface area contributed by atoms with Crippen LogP contribution in [0.15, 0.2) is 47.4 Å². The van der Waals surface area contributed by atoms with Gasteiger partial charge in [-0.15, -0.1) is 0 Å². The van der Waals surface area contributed by atoms with Crippen LogP contribution in [0.2, 0.25) is 0 Å². The molecule has 1 saturated heterocycles. The van der Waals surface area contributed by atoms with Gasteiger partial charge in [-0.05, 0) is 43.8 Å². The molecule has 0 radical (unpaired) electrons. The number of amides is 2. The van der Waals surface area contributed by atoms with Crippen LogP contribution in [0.3, 0.4) is 0 Å². The number of hydrogen-bond donors (Lipinski definition) is 2. The van der Waals surface area contributed by atoms with Gasteiger partial charge in [0.1, 0.15) is 5.82 Å². The molecule has 0 unspecified atom stereocenters. The lowest BCUT2D eigenvalue weighted by atomic mass is 10.0. The molecule has 0 bridgehead atoms. The van der Waals surface area contributed by atoms with E-state index in [1.165, 1.54) is 24.3 Å². The third kappa shape index (κ3) is 5.74. The summed E-state index contributed by atoms with van der Waals surface area (Å²) < 4.78 is 38.0. The minimum absolute atomic E-state index is 0.0399. The number of sulfone groups is 1. The number of nitrogens with zero attached hydrogens (tertiary/aromatic N) is 2. The number of carbonyl (C=O) groups is 1. The third-order valence-electron chi connectivity index (χ3n) is 5.50. The number of hydrogen-bond acceptors (Lipinski definition) is 5. The van der Waals surface area contributed by atoms with Crippen LogP contribution in [0.1, 0.15) is 25.5 Å². The molecule has 2 amide bonds. The van der Waals surface area contributed by atoms with Crippen molar-refractivity contribution in [3.63, 3.8) is 0 Å². The van der Waals surface area contributed by atoms with E-state index in [2.05, 4.69) is 27.4 Å². The highest BCUT2D eigenvalue weighted by Crippen LogP contribution is 2.29. The van der Waals surface area contributed by atoms with E-state index < -0.39 is 21.9 Å². The molecule has 9 heteroatoms. The van der Waals surface area contributed by atoms with E-state index in [0.717, 1.165) is 44.7 Å². The second-order valence-electron chi connectivity index (χ2n) is 7.71. The minimum Gasteiger partial charge on any atom is -0.369 e. The van der Waals surface area contributed by atoms with Crippen LogP contribution in [0.4, 0.5) is 20.6 Å². The molecule has 2 aromatic rings. The van der Waals surface area contributed by atoms with Crippen LogP contribution in [0, 0.1) is 5.82 Å². The van der Waals surface area contributed by atoms with Crippen molar-refractivity contribution < 1.29 is 17.6 Å². The van der Waals surface area contributed by atoms with E-state index in [0.29, 0.717) is 5.56 Å². The highest BCUT2D eigenvalue weighted by molar-refractivity contribution is 7.90. The van der Waals surface area contributed by atoms with Crippen LogP contribution in [-0.4, -0.2) is 58.3 Å². The number of nitrogens with one attached hydrogen (secondary N) is 2. The Morgan fingerprint density at radius 3 is 2.45 bits per heavy atom. The van der Waals surface area contributed by atoms with E-state index in [1.807, 2.05) is 0 Å². The van der Waals surface area contributed by atoms with Crippen molar-refractivity contribution in [3.05, 3.63) is 53.8 Å². The molecule has 0 aliphatic carbocycles. The lowest BCUT2D eigenvalue weighted by Gasteiger charge is -2.37.